The molecule has 0 atom stereocenters. The van der Waals surface area contributed by atoms with Crippen LogP contribution in [-0.2, 0) is 5.75 Å². The highest BCUT2D eigenvalue weighted by Crippen LogP contribution is 2.40. The molecule has 1 N–H and O–H groups in total. The molecular formula is C22H26N2S. The van der Waals surface area contributed by atoms with Crippen LogP contribution in [0.15, 0.2) is 47.5 Å². The molecule has 0 bridgehead atoms. The normalized spacial score (nSPS) is 18.4. The second-order valence-corrected chi connectivity index (χ2v) is 8.36. The number of rotatable bonds is 2. The highest BCUT2D eigenvalue weighted by molar-refractivity contribution is 8.13. The van der Waals surface area contributed by atoms with Crippen LogP contribution in [0.5, 0.6) is 0 Å². The van der Waals surface area contributed by atoms with E-state index in [0.29, 0.717) is 0 Å². The van der Waals surface area contributed by atoms with Crippen LogP contribution in [0.2, 0.25) is 0 Å². The highest BCUT2D eigenvalue weighted by atomic mass is 32.2. The molecule has 2 aromatic rings. The molecule has 0 aromatic heterocycles. The van der Waals surface area contributed by atoms with E-state index in [1.165, 1.54) is 52.2 Å². The van der Waals surface area contributed by atoms with Crippen LogP contribution in [0.3, 0.4) is 0 Å². The quantitative estimate of drug-likeness (QED) is 0.711. The van der Waals surface area contributed by atoms with E-state index >= 15 is 0 Å². The first kappa shape index (κ1) is 16.7. The number of thioether (sulfide) groups is 1. The van der Waals surface area contributed by atoms with Crippen LogP contribution in [0.1, 0.15) is 54.4 Å². The van der Waals surface area contributed by atoms with Gasteiger partial charge in [-0.25, -0.2) is 4.99 Å². The zero-order valence-electron chi connectivity index (χ0n) is 15.1. The van der Waals surface area contributed by atoms with Gasteiger partial charge in [-0.05, 0) is 56.7 Å². The highest BCUT2D eigenvalue weighted by Gasteiger charge is 2.35. The number of hydrogen-bond acceptors (Lipinski definition) is 3. The van der Waals surface area contributed by atoms with E-state index in [2.05, 4.69) is 61.6 Å². The van der Waals surface area contributed by atoms with Gasteiger partial charge in [-0.15, -0.1) is 11.8 Å². The van der Waals surface area contributed by atoms with Crippen molar-refractivity contribution in [2.45, 2.75) is 57.4 Å². The van der Waals surface area contributed by atoms with Crippen LogP contribution in [-0.4, -0.2) is 10.7 Å². The van der Waals surface area contributed by atoms with Gasteiger partial charge in [-0.2, -0.15) is 0 Å². The zero-order valence-corrected chi connectivity index (χ0v) is 16.0. The number of anilines is 1. The van der Waals surface area contributed by atoms with E-state index in [1.54, 1.807) is 0 Å². The summed E-state index contributed by atoms with van der Waals surface area (Å²) in [6, 6.07) is 15.4. The molecular weight excluding hydrogens is 324 g/mol. The number of nitrogens with one attached hydrogen (secondary N) is 1. The smallest absolute Gasteiger partial charge is 0.130 e. The Morgan fingerprint density at radius 1 is 1.04 bits per heavy atom. The van der Waals surface area contributed by atoms with Crippen LogP contribution in [0, 0.1) is 13.8 Å². The van der Waals surface area contributed by atoms with Gasteiger partial charge >= 0.3 is 0 Å². The zero-order chi connectivity index (χ0) is 17.3. The Labute approximate surface area is 155 Å². The fourth-order valence-electron chi connectivity index (χ4n) is 3.95. The molecule has 2 nitrogen and oxygen atoms in total. The molecule has 1 saturated carbocycles. The van der Waals surface area contributed by atoms with Gasteiger partial charge in [0, 0.05) is 17.0 Å². The lowest BCUT2D eigenvalue weighted by Crippen LogP contribution is -2.42. The average Bonchev–Trinajstić information content (AvgIpc) is 2.61. The number of aliphatic imine (C=N–C) groups is 1. The maximum atomic E-state index is 5.24. The number of aryl methyl sites for hydroxylation is 2. The Kier molecular flexibility index (Phi) is 4.60. The van der Waals surface area contributed by atoms with Crippen LogP contribution >= 0.6 is 11.8 Å². The summed E-state index contributed by atoms with van der Waals surface area (Å²) < 4.78 is 0. The van der Waals surface area contributed by atoms with Crippen molar-refractivity contribution in [2.75, 3.05) is 5.32 Å². The van der Waals surface area contributed by atoms with Crippen molar-refractivity contribution < 1.29 is 0 Å². The van der Waals surface area contributed by atoms with Crippen LogP contribution < -0.4 is 5.32 Å². The van der Waals surface area contributed by atoms with Gasteiger partial charge in [0.05, 0.1) is 0 Å². The van der Waals surface area contributed by atoms with Crippen molar-refractivity contribution in [2.24, 2.45) is 4.99 Å². The lowest BCUT2D eigenvalue weighted by molar-refractivity contribution is 0.335. The van der Waals surface area contributed by atoms with Gasteiger partial charge in [-0.1, -0.05) is 48.4 Å². The summed E-state index contributed by atoms with van der Waals surface area (Å²) in [5.74, 6) is 0.982. The molecule has 0 radical (unpaired) electrons. The molecule has 1 aliphatic carbocycles. The summed E-state index contributed by atoms with van der Waals surface area (Å²) in [6.07, 6.45) is 6.18. The molecule has 130 valence electrons. The molecule has 1 aliphatic heterocycles. The third-order valence-corrected chi connectivity index (χ3v) is 6.42. The predicted octanol–water partition coefficient (Wildman–Crippen LogP) is 6.07. The van der Waals surface area contributed by atoms with Crippen molar-refractivity contribution >= 4 is 22.5 Å². The Bertz CT molecular complexity index is 803. The van der Waals surface area contributed by atoms with Crippen molar-refractivity contribution in [3.8, 4) is 0 Å². The minimum atomic E-state index is -0.0722. The van der Waals surface area contributed by atoms with Crippen molar-refractivity contribution in [3.05, 3.63) is 64.7 Å². The third kappa shape index (κ3) is 3.48. The lowest BCUT2D eigenvalue weighted by atomic mass is 9.88. The maximum absolute atomic E-state index is 5.24. The monoisotopic (exact) mass is 350 g/mol. The Morgan fingerprint density at radius 3 is 2.64 bits per heavy atom. The van der Waals surface area contributed by atoms with Gasteiger partial charge in [-0.3, -0.25) is 0 Å². The molecule has 3 heteroatoms. The molecule has 4 rings (SSSR count). The van der Waals surface area contributed by atoms with Gasteiger partial charge in [0.2, 0.25) is 0 Å². The van der Waals surface area contributed by atoms with Gasteiger partial charge in [0.1, 0.15) is 10.7 Å². The van der Waals surface area contributed by atoms with Gasteiger partial charge in [0.25, 0.3) is 0 Å². The summed E-state index contributed by atoms with van der Waals surface area (Å²) >= 11 is 1.89. The predicted molar refractivity (Wildman–Crippen MR) is 110 cm³/mol. The Morgan fingerprint density at radius 2 is 1.84 bits per heavy atom. The summed E-state index contributed by atoms with van der Waals surface area (Å²) in [6.45, 7) is 4.37. The van der Waals surface area contributed by atoms with E-state index in [1.807, 2.05) is 11.8 Å². The van der Waals surface area contributed by atoms with E-state index in [0.717, 1.165) is 18.6 Å². The molecule has 1 heterocycles. The largest absolute Gasteiger partial charge is 0.361 e. The van der Waals surface area contributed by atoms with E-state index < -0.39 is 0 Å². The molecule has 1 fully saturated rings. The molecule has 25 heavy (non-hydrogen) atoms. The first-order valence-corrected chi connectivity index (χ1v) is 10.3. The van der Waals surface area contributed by atoms with Crippen molar-refractivity contribution in [3.63, 3.8) is 0 Å². The maximum Gasteiger partial charge on any atom is 0.130 e. The first-order chi connectivity index (χ1) is 12.2. The number of fused-ring (bicyclic) bond motifs is 1. The SMILES string of the molecule is Cc1ccc(CSC2=NC3(CCCCC3)Nc3ccccc32)c(C)c1. The fourth-order valence-corrected chi connectivity index (χ4v) is 5.14. The standard InChI is InChI=1S/C22H26N2S/c1-16-10-11-18(17(2)14-16)15-25-21-19-8-4-5-9-20(19)23-22(24-21)12-6-3-7-13-22/h4-5,8-11,14,23H,3,6-7,12-13,15H2,1-2H3. The van der Waals surface area contributed by atoms with E-state index in [-0.39, 0.29) is 5.66 Å². The second-order valence-electron chi connectivity index (χ2n) is 7.40. The molecule has 2 aliphatic rings. The topological polar surface area (TPSA) is 24.4 Å². The summed E-state index contributed by atoms with van der Waals surface area (Å²) in [7, 11) is 0. The van der Waals surface area contributed by atoms with E-state index in [9.17, 15) is 0 Å². The molecule has 0 unspecified atom stereocenters. The molecule has 0 amide bonds. The number of benzene rings is 2. The summed E-state index contributed by atoms with van der Waals surface area (Å²) in [5.41, 5.74) is 6.56. The fraction of sp³-hybridized carbons (Fsp3) is 0.409. The average molecular weight is 351 g/mol. The van der Waals surface area contributed by atoms with Crippen molar-refractivity contribution in [1.29, 1.82) is 0 Å². The second kappa shape index (κ2) is 6.87. The minimum absolute atomic E-state index is 0.0722. The minimum Gasteiger partial charge on any atom is -0.361 e. The van der Waals surface area contributed by atoms with E-state index in [4.69, 9.17) is 4.99 Å². The number of nitrogens with zero attached hydrogens (tertiary/aromatic N) is 1. The molecule has 1 spiro atoms. The Hall–Kier alpha value is -1.74. The summed E-state index contributed by atoms with van der Waals surface area (Å²) in [5, 5.41) is 4.96. The number of hydrogen-bond donors (Lipinski definition) is 1. The van der Waals surface area contributed by atoms with Crippen LogP contribution in [0.25, 0.3) is 0 Å². The van der Waals surface area contributed by atoms with Crippen LogP contribution in [0.4, 0.5) is 5.69 Å². The molecule has 2 aromatic carbocycles. The summed E-state index contributed by atoms with van der Waals surface area (Å²) in [4.78, 5) is 5.24. The Balaban J connectivity index is 1.62. The number of para-hydroxylation sites is 1. The molecule has 0 saturated heterocycles. The third-order valence-electron chi connectivity index (χ3n) is 5.38. The van der Waals surface area contributed by atoms with Gasteiger partial charge in [0.15, 0.2) is 0 Å². The lowest BCUT2D eigenvalue weighted by Gasteiger charge is -2.39. The van der Waals surface area contributed by atoms with Crippen molar-refractivity contribution in [1.82, 2.24) is 0 Å². The van der Waals surface area contributed by atoms with Gasteiger partial charge < -0.3 is 5.32 Å². The first-order valence-electron chi connectivity index (χ1n) is 9.32.